The highest BCUT2D eigenvalue weighted by molar-refractivity contribution is 7.92. The Morgan fingerprint density at radius 2 is 1.70 bits per heavy atom. The number of carboxylic acids is 1. The van der Waals surface area contributed by atoms with E-state index in [2.05, 4.69) is 4.72 Å². The number of carbonyl (C=O) groups is 1. The Balaban J connectivity index is 1.69. The lowest BCUT2D eigenvalue weighted by molar-refractivity contribution is 0.0691. The number of hydrogen-bond donors (Lipinski definition) is 2. The van der Waals surface area contributed by atoms with Gasteiger partial charge in [-0.05, 0) is 59.0 Å². The predicted octanol–water partition coefficient (Wildman–Crippen LogP) is 3.90. The summed E-state index contributed by atoms with van der Waals surface area (Å²) in [6, 6.07) is 15.8. The highest BCUT2D eigenvalue weighted by Gasteiger charge is 2.22. The molecular formula is C20H14FNO4S. The summed E-state index contributed by atoms with van der Waals surface area (Å²) in [5.74, 6) is -2.52. The zero-order valence-electron chi connectivity index (χ0n) is 13.9. The highest BCUT2D eigenvalue weighted by atomic mass is 32.2. The number of benzene rings is 3. The number of carboxylic acid groups (broad SMARTS) is 1. The number of rotatable bonds is 4. The van der Waals surface area contributed by atoms with Crippen molar-refractivity contribution in [3.8, 4) is 11.1 Å². The Kier molecular flexibility index (Phi) is 3.96. The number of nitrogens with one attached hydrogen (secondary N) is 1. The van der Waals surface area contributed by atoms with Crippen LogP contribution in [0.4, 0.5) is 10.1 Å². The number of anilines is 1. The first-order valence-electron chi connectivity index (χ1n) is 8.12. The van der Waals surface area contributed by atoms with Crippen molar-refractivity contribution in [2.75, 3.05) is 4.72 Å². The van der Waals surface area contributed by atoms with Gasteiger partial charge in [0.1, 0.15) is 5.82 Å². The van der Waals surface area contributed by atoms with E-state index in [-0.39, 0.29) is 4.90 Å². The zero-order valence-corrected chi connectivity index (χ0v) is 14.8. The number of aromatic carboxylic acids is 1. The second-order valence-electron chi connectivity index (χ2n) is 6.26. The normalized spacial score (nSPS) is 12.3. The minimum atomic E-state index is -4.06. The van der Waals surface area contributed by atoms with E-state index in [1.807, 2.05) is 30.3 Å². The van der Waals surface area contributed by atoms with Crippen LogP contribution in [0.15, 0.2) is 65.6 Å². The van der Waals surface area contributed by atoms with Crippen molar-refractivity contribution in [3.63, 3.8) is 0 Å². The van der Waals surface area contributed by atoms with Gasteiger partial charge >= 0.3 is 5.97 Å². The largest absolute Gasteiger partial charge is 0.478 e. The molecule has 0 heterocycles. The molecule has 0 radical (unpaired) electrons. The van der Waals surface area contributed by atoms with E-state index in [0.717, 1.165) is 41.3 Å². The van der Waals surface area contributed by atoms with Crippen molar-refractivity contribution in [2.24, 2.45) is 0 Å². The molecule has 0 saturated heterocycles. The molecule has 136 valence electrons. The summed E-state index contributed by atoms with van der Waals surface area (Å²) in [6.45, 7) is 0. The Bertz CT molecular complexity index is 1190. The van der Waals surface area contributed by atoms with Crippen LogP contribution in [-0.2, 0) is 16.4 Å². The summed E-state index contributed by atoms with van der Waals surface area (Å²) in [4.78, 5) is 10.7. The molecule has 4 rings (SSSR count). The van der Waals surface area contributed by atoms with Crippen LogP contribution in [0.3, 0.4) is 0 Å². The molecule has 2 N–H and O–H groups in total. The molecule has 0 amide bonds. The molecule has 0 saturated carbocycles. The summed E-state index contributed by atoms with van der Waals surface area (Å²) in [5.41, 5.74) is 3.96. The molecule has 0 atom stereocenters. The minimum absolute atomic E-state index is 0.317. The third-order valence-corrected chi connectivity index (χ3v) is 5.91. The van der Waals surface area contributed by atoms with Crippen LogP contribution < -0.4 is 4.72 Å². The first-order chi connectivity index (χ1) is 12.8. The maximum Gasteiger partial charge on any atom is 0.338 e. The second-order valence-corrected chi connectivity index (χ2v) is 7.94. The fraction of sp³-hybridized carbons (Fsp3) is 0.0500. The first kappa shape index (κ1) is 17.2. The monoisotopic (exact) mass is 383 g/mol. The standard InChI is InChI=1S/C20H14FNO4S/c21-19-8-7-15(11-18(19)20(23)24)27(25,26)22-14-6-5-13-9-12-3-1-2-4-16(12)17(13)10-14/h1-8,10-11,22H,9H2,(H,23,24). The van der Waals surface area contributed by atoms with Gasteiger partial charge in [-0.1, -0.05) is 30.3 Å². The smallest absolute Gasteiger partial charge is 0.338 e. The molecule has 0 aliphatic heterocycles. The van der Waals surface area contributed by atoms with Crippen molar-refractivity contribution in [1.82, 2.24) is 0 Å². The zero-order chi connectivity index (χ0) is 19.2. The lowest BCUT2D eigenvalue weighted by atomic mass is 10.1. The van der Waals surface area contributed by atoms with Gasteiger partial charge in [-0.25, -0.2) is 17.6 Å². The maximum atomic E-state index is 13.5. The van der Waals surface area contributed by atoms with Gasteiger partial charge in [-0.15, -0.1) is 0 Å². The summed E-state index contributed by atoms with van der Waals surface area (Å²) >= 11 is 0. The SMILES string of the molecule is O=C(O)c1cc(S(=O)(=O)Nc2ccc3c(c2)-c2ccccc2C3)ccc1F. The van der Waals surface area contributed by atoms with Gasteiger partial charge in [-0.3, -0.25) is 4.72 Å². The van der Waals surface area contributed by atoms with E-state index in [1.54, 1.807) is 12.1 Å². The van der Waals surface area contributed by atoms with Gasteiger partial charge in [0.2, 0.25) is 0 Å². The minimum Gasteiger partial charge on any atom is -0.478 e. The molecule has 27 heavy (non-hydrogen) atoms. The van der Waals surface area contributed by atoms with E-state index >= 15 is 0 Å². The quantitative estimate of drug-likeness (QED) is 0.560. The molecule has 0 bridgehead atoms. The summed E-state index contributed by atoms with van der Waals surface area (Å²) in [5, 5.41) is 8.99. The third kappa shape index (κ3) is 3.06. The average Bonchev–Trinajstić information content (AvgIpc) is 2.99. The third-order valence-electron chi connectivity index (χ3n) is 4.53. The number of sulfonamides is 1. The second kappa shape index (κ2) is 6.21. The Morgan fingerprint density at radius 3 is 2.48 bits per heavy atom. The first-order valence-corrected chi connectivity index (χ1v) is 9.60. The molecule has 7 heteroatoms. The van der Waals surface area contributed by atoms with Crippen molar-refractivity contribution < 1.29 is 22.7 Å². The topological polar surface area (TPSA) is 83.5 Å². The van der Waals surface area contributed by atoms with Gasteiger partial charge < -0.3 is 5.11 Å². The van der Waals surface area contributed by atoms with Crippen molar-refractivity contribution in [3.05, 3.63) is 83.2 Å². The van der Waals surface area contributed by atoms with Crippen molar-refractivity contribution in [2.45, 2.75) is 11.3 Å². The lowest BCUT2D eigenvalue weighted by Crippen LogP contribution is -2.14. The number of halogens is 1. The Hall–Kier alpha value is -3.19. The molecule has 3 aromatic rings. The molecule has 0 aromatic heterocycles. The van der Waals surface area contributed by atoms with Gasteiger partial charge in [-0.2, -0.15) is 0 Å². The summed E-state index contributed by atoms with van der Waals surface area (Å²) in [7, 11) is -4.06. The van der Waals surface area contributed by atoms with E-state index in [9.17, 15) is 17.6 Å². The maximum absolute atomic E-state index is 13.5. The van der Waals surface area contributed by atoms with E-state index < -0.39 is 27.4 Å². The highest BCUT2D eigenvalue weighted by Crippen LogP contribution is 2.38. The Labute approximate surface area is 155 Å². The predicted molar refractivity (Wildman–Crippen MR) is 98.9 cm³/mol. The van der Waals surface area contributed by atoms with E-state index in [0.29, 0.717) is 5.69 Å². The number of hydrogen-bond acceptors (Lipinski definition) is 3. The summed E-state index contributed by atoms with van der Waals surface area (Å²) in [6.07, 6.45) is 0.790. The van der Waals surface area contributed by atoms with Gasteiger partial charge in [0.25, 0.3) is 10.0 Å². The molecule has 1 aliphatic carbocycles. The Morgan fingerprint density at radius 1 is 0.963 bits per heavy atom. The van der Waals surface area contributed by atoms with Gasteiger partial charge in [0.15, 0.2) is 0 Å². The van der Waals surface area contributed by atoms with Crippen molar-refractivity contribution >= 4 is 21.7 Å². The van der Waals surface area contributed by atoms with Crippen LogP contribution in [0.1, 0.15) is 21.5 Å². The van der Waals surface area contributed by atoms with Gasteiger partial charge in [0.05, 0.1) is 10.5 Å². The van der Waals surface area contributed by atoms with Gasteiger partial charge in [0, 0.05) is 5.69 Å². The van der Waals surface area contributed by atoms with Crippen LogP contribution in [0.2, 0.25) is 0 Å². The molecule has 5 nitrogen and oxygen atoms in total. The fourth-order valence-corrected chi connectivity index (χ4v) is 4.31. The van der Waals surface area contributed by atoms with Crippen LogP contribution in [0.25, 0.3) is 11.1 Å². The van der Waals surface area contributed by atoms with Crippen molar-refractivity contribution in [1.29, 1.82) is 0 Å². The van der Waals surface area contributed by atoms with Crippen LogP contribution >= 0.6 is 0 Å². The average molecular weight is 383 g/mol. The number of fused-ring (bicyclic) bond motifs is 3. The van der Waals surface area contributed by atoms with E-state index in [1.165, 1.54) is 5.56 Å². The molecule has 3 aromatic carbocycles. The van der Waals surface area contributed by atoms with Crippen LogP contribution in [-0.4, -0.2) is 19.5 Å². The molecular weight excluding hydrogens is 369 g/mol. The van der Waals surface area contributed by atoms with E-state index in [4.69, 9.17) is 5.11 Å². The molecule has 1 aliphatic rings. The molecule has 0 fully saturated rings. The summed E-state index contributed by atoms with van der Waals surface area (Å²) < 4.78 is 41.2. The molecule has 0 unspecified atom stereocenters. The van der Waals surface area contributed by atoms with Crippen LogP contribution in [0, 0.1) is 5.82 Å². The molecule has 0 spiro atoms. The fourth-order valence-electron chi connectivity index (χ4n) is 3.24. The lowest BCUT2D eigenvalue weighted by Gasteiger charge is -2.11. The van der Waals surface area contributed by atoms with Crippen LogP contribution in [0.5, 0.6) is 0 Å².